The van der Waals surface area contributed by atoms with Crippen LogP contribution in [0.15, 0.2) is 0 Å². The quantitative estimate of drug-likeness (QED) is 0.466. The summed E-state index contributed by atoms with van der Waals surface area (Å²) in [6, 6.07) is 0. The summed E-state index contributed by atoms with van der Waals surface area (Å²) in [6.07, 6.45) is 0.483. The first-order valence-corrected chi connectivity index (χ1v) is 3.43. The molecule has 1 N–H and O–H groups in total. The van der Waals surface area contributed by atoms with Gasteiger partial charge in [-0.05, 0) is 20.8 Å². The first-order valence-electron chi connectivity index (χ1n) is 3.43. The molecule has 4 nitrogen and oxygen atoms in total. The van der Waals surface area contributed by atoms with Crippen molar-refractivity contribution < 1.29 is 14.3 Å². The lowest BCUT2D eigenvalue weighted by Gasteiger charge is -2.20. The number of carbonyl (C=O) groups is 2. The third kappa shape index (κ3) is 3.02. The van der Waals surface area contributed by atoms with Gasteiger partial charge in [-0.3, -0.25) is 4.79 Å². The number of rotatable bonds is 4. The molecule has 0 aliphatic carbocycles. The number of nitrogens with one attached hydrogen (secondary N) is 1. The van der Waals surface area contributed by atoms with Gasteiger partial charge >= 0.3 is 5.97 Å². The summed E-state index contributed by atoms with van der Waals surface area (Å²) in [5, 5.41) is 2.35. The Bertz CT molecular complexity index is 154. The Morgan fingerprint density at radius 3 is 2.55 bits per heavy atom. The summed E-state index contributed by atoms with van der Waals surface area (Å²) >= 11 is 0. The molecule has 0 aromatic heterocycles. The first-order chi connectivity index (χ1) is 5.04. The molecule has 4 heteroatoms. The smallest absolute Gasteiger partial charge is 0.331 e. The summed E-state index contributed by atoms with van der Waals surface area (Å²) in [5.41, 5.74) is -0.919. The van der Waals surface area contributed by atoms with Gasteiger partial charge in [-0.15, -0.1) is 0 Å². The molecule has 0 rings (SSSR count). The Hall–Kier alpha value is -1.06. The standard InChI is InChI=1S/C7H13NO3/c1-4-11-6(10)7(2,3)8-5-9/h5H,4H2,1-3H3,(H,8,9). The summed E-state index contributed by atoms with van der Waals surface area (Å²) in [7, 11) is 0. The topological polar surface area (TPSA) is 55.4 Å². The van der Waals surface area contributed by atoms with Gasteiger partial charge in [0.15, 0.2) is 0 Å². The van der Waals surface area contributed by atoms with Gasteiger partial charge < -0.3 is 10.1 Å². The average molecular weight is 159 g/mol. The fraction of sp³-hybridized carbons (Fsp3) is 0.714. The van der Waals surface area contributed by atoms with Crippen molar-refractivity contribution in [3.63, 3.8) is 0 Å². The Morgan fingerprint density at radius 1 is 1.64 bits per heavy atom. The van der Waals surface area contributed by atoms with Gasteiger partial charge in [0.05, 0.1) is 6.61 Å². The fourth-order valence-electron chi connectivity index (χ4n) is 0.518. The molecule has 0 aromatic rings. The number of esters is 1. The normalized spacial score (nSPS) is 10.5. The Balaban J connectivity index is 4.05. The summed E-state index contributed by atoms with van der Waals surface area (Å²) in [6.45, 7) is 5.20. The zero-order chi connectivity index (χ0) is 8.91. The highest BCUT2D eigenvalue weighted by Crippen LogP contribution is 2.02. The second-order valence-electron chi connectivity index (χ2n) is 2.61. The van der Waals surface area contributed by atoms with Crippen LogP contribution in [0.1, 0.15) is 20.8 Å². The highest BCUT2D eigenvalue weighted by Gasteiger charge is 2.27. The van der Waals surface area contributed by atoms with E-state index in [1.807, 2.05) is 0 Å². The summed E-state index contributed by atoms with van der Waals surface area (Å²) < 4.78 is 4.70. The van der Waals surface area contributed by atoms with Crippen molar-refractivity contribution in [3.05, 3.63) is 0 Å². The second-order valence-corrected chi connectivity index (χ2v) is 2.61. The SMILES string of the molecule is CCOC(=O)C(C)(C)NC=O. The van der Waals surface area contributed by atoms with E-state index in [0.717, 1.165) is 0 Å². The van der Waals surface area contributed by atoms with Crippen molar-refractivity contribution in [1.29, 1.82) is 0 Å². The van der Waals surface area contributed by atoms with Crippen LogP contribution in [0.4, 0.5) is 0 Å². The first kappa shape index (κ1) is 9.94. The molecule has 64 valence electrons. The molecule has 0 saturated heterocycles. The van der Waals surface area contributed by atoms with Crippen LogP contribution in [-0.4, -0.2) is 24.5 Å². The molecule has 0 heterocycles. The minimum Gasteiger partial charge on any atom is -0.464 e. The predicted octanol–water partition coefficient (Wildman–Crippen LogP) is 0.0741. The lowest BCUT2D eigenvalue weighted by Crippen LogP contribution is -2.47. The predicted molar refractivity (Wildman–Crippen MR) is 39.9 cm³/mol. The van der Waals surface area contributed by atoms with E-state index in [0.29, 0.717) is 13.0 Å². The second kappa shape index (κ2) is 3.95. The van der Waals surface area contributed by atoms with Gasteiger partial charge in [0.2, 0.25) is 6.41 Å². The maximum Gasteiger partial charge on any atom is 0.331 e. The lowest BCUT2D eigenvalue weighted by molar-refractivity contribution is -0.150. The Kier molecular flexibility index (Phi) is 3.57. The van der Waals surface area contributed by atoms with Crippen LogP contribution in [-0.2, 0) is 14.3 Å². The van der Waals surface area contributed by atoms with Crippen molar-refractivity contribution in [1.82, 2.24) is 5.32 Å². The van der Waals surface area contributed by atoms with E-state index in [2.05, 4.69) is 5.32 Å². The molecule has 0 saturated carbocycles. The molecular weight excluding hydrogens is 146 g/mol. The third-order valence-electron chi connectivity index (χ3n) is 1.21. The average Bonchev–Trinajstić information content (AvgIpc) is 1.88. The minimum absolute atomic E-state index is 0.322. The molecule has 11 heavy (non-hydrogen) atoms. The molecule has 0 aliphatic rings. The monoisotopic (exact) mass is 159 g/mol. The fourth-order valence-corrected chi connectivity index (χ4v) is 0.518. The highest BCUT2D eigenvalue weighted by molar-refractivity contribution is 5.82. The number of ether oxygens (including phenoxy) is 1. The highest BCUT2D eigenvalue weighted by atomic mass is 16.5. The number of amides is 1. The van der Waals surface area contributed by atoms with E-state index < -0.39 is 11.5 Å². The van der Waals surface area contributed by atoms with Crippen molar-refractivity contribution in [2.45, 2.75) is 26.3 Å². The number of hydrogen-bond acceptors (Lipinski definition) is 3. The molecule has 1 amide bonds. The molecule has 0 spiro atoms. The van der Waals surface area contributed by atoms with Gasteiger partial charge in [-0.2, -0.15) is 0 Å². The van der Waals surface area contributed by atoms with E-state index in [4.69, 9.17) is 4.74 Å². The Morgan fingerprint density at radius 2 is 2.18 bits per heavy atom. The van der Waals surface area contributed by atoms with E-state index in [1.54, 1.807) is 20.8 Å². The molecule has 0 aliphatic heterocycles. The number of carbonyl (C=O) groups excluding carboxylic acids is 2. The largest absolute Gasteiger partial charge is 0.464 e. The molecular formula is C7H13NO3. The zero-order valence-corrected chi connectivity index (χ0v) is 7.01. The van der Waals surface area contributed by atoms with Crippen molar-refractivity contribution >= 4 is 12.4 Å². The maximum atomic E-state index is 11.0. The van der Waals surface area contributed by atoms with E-state index in [9.17, 15) is 9.59 Å². The molecule has 0 radical (unpaired) electrons. The van der Waals surface area contributed by atoms with Crippen molar-refractivity contribution in [2.75, 3.05) is 6.61 Å². The molecule has 0 bridgehead atoms. The Labute approximate surface area is 65.9 Å². The van der Waals surface area contributed by atoms with Gasteiger partial charge in [-0.1, -0.05) is 0 Å². The minimum atomic E-state index is -0.919. The summed E-state index contributed by atoms with van der Waals surface area (Å²) in [5.74, 6) is -0.424. The van der Waals surface area contributed by atoms with Gasteiger partial charge in [-0.25, -0.2) is 4.79 Å². The number of hydrogen-bond donors (Lipinski definition) is 1. The lowest BCUT2D eigenvalue weighted by atomic mass is 10.1. The van der Waals surface area contributed by atoms with Gasteiger partial charge in [0, 0.05) is 0 Å². The molecule has 0 fully saturated rings. The third-order valence-corrected chi connectivity index (χ3v) is 1.21. The summed E-state index contributed by atoms with van der Waals surface area (Å²) in [4.78, 5) is 21.0. The van der Waals surface area contributed by atoms with E-state index >= 15 is 0 Å². The van der Waals surface area contributed by atoms with Crippen LogP contribution in [0.2, 0.25) is 0 Å². The van der Waals surface area contributed by atoms with Crippen LogP contribution in [0, 0.1) is 0 Å². The zero-order valence-electron chi connectivity index (χ0n) is 7.01. The van der Waals surface area contributed by atoms with Crippen LogP contribution < -0.4 is 5.32 Å². The molecule has 0 unspecified atom stereocenters. The molecule has 0 atom stereocenters. The van der Waals surface area contributed by atoms with E-state index in [-0.39, 0.29) is 0 Å². The van der Waals surface area contributed by atoms with Crippen molar-refractivity contribution in [2.24, 2.45) is 0 Å². The van der Waals surface area contributed by atoms with Crippen molar-refractivity contribution in [3.8, 4) is 0 Å². The van der Waals surface area contributed by atoms with Gasteiger partial charge in [0.1, 0.15) is 5.54 Å². The maximum absolute atomic E-state index is 11.0. The van der Waals surface area contributed by atoms with Crippen LogP contribution in [0.5, 0.6) is 0 Å². The van der Waals surface area contributed by atoms with Crippen LogP contribution in [0.25, 0.3) is 0 Å². The van der Waals surface area contributed by atoms with Crippen LogP contribution in [0.3, 0.4) is 0 Å². The van der Waals surface area contributed by atoms with E-state index in [1.165, 1.54) is 0 Å². The molecule has 0 aromatic carbocycles. The van der Waals surface area contributed by atoms with Crippen LogP contribution >= 0.6 is 0 Å². The van der Waals surface area contributed by atoms with Gasteiger partial charge in [0.25, 0.3) is 0 Å².